The summed E-state index contributed by atoms with van der Waals surface area (Å²) in [6.07, 6.45) is 1.39. The van der Waals surface area contributed by atoms with Gasteiger partial charge in [0.25, 0.3) is 0 Å². The highest BCUT2D eigenvalue weighted by Gasteiger charge is 2.33. The lowest BCUT2D eigenvalue weighted by Crippen LogP contribution is -2.45. The van der Waals surface area contributed by atoms with Gasteiger partial charge in [0.1, 0.15) is 0 Å². The zero-order valence-electron chi connectivity index (χ0n) is 12.5. The quantitative estimate of drug-likeness (QED) is 0.864. The van der Waals surface area contributed by atoms with Crippen molar-refractivity contribution in [1.29, 1.82) is 0 Å². The number of hydrogen-bond donors (Lipinski definition) is 1. The number of ether oxygens (including phenoxy) is 1. The van der Waals surface area contributed by atoms with E-state index >= 15 is 0 Å². The third-order valence-electron chi connectivity index (χ3n) is 3.75. The van der Waals surface area contributed by atoms with Crippen molar-refractivity contribution in [2.24, 2.45) is 5.73 Å². The minimum Gasteiger partial charge on any atom is -0.381 e. The molecule has 0 spiro atoms. The summed E-state index contributed by atoms with van der Waals surface area (Å²) in [5.74, 6) is 0. The number of sulfonamides is 1. The third kappa shape index (κ3) is 4.13. The Hall–Kier alpha value is -0.370. The summed E-state index contributed by atoms with van der Waals surface area (Å²) >= 11 is 6.06. The van der Waals surface area contributed by atoms with E-state index < -0.39 is 10.0 Å². The molecule has 1 aromatic rings. The summed E-state index contributed by atoms with van der Waals surface area (Å²) in [6, 6.07) is 4.88. The fraction of sp³-hybridized carbons (Fsp3) is 0.571. The maximum Gasteiger partial charge on any atom is 0.243 e. The van der Waals surface area contributed by atoms with Crippen LogP contribution in [0.2, 0.25) is 5.02 Å². The standard InChI is InChI=1S/C14H21ClN2O3S.ClH/c1-11-13(15)3-2-4-14(11)21(18,19)17(8-7-16)12-5-9-20-10-6-12;/h2-4,12H,5-10,16H2,1H3;1H. The molecule has 126 valence electrons. The van der Waals surface area contributed by atoms with E-state index in [1.165, 1.54) is 4.31 Å². The van der Waals surface area contributed by atoms with Gasteiger partial charge in [-0.05, 0) is 37.5 Å². The van der Waals surface area contributed by atoms with Gasteiger partial charge in [0.05, 0.1) is 4.90 Å². The molecule has 1 fully saturated rings. The minimum absolute atomic E-state index is 0. The number of halogens is 2. The van der Waals surface area contributed by atoms with Gasteiger partial charge in [0.15, 0.2) is 0 Å². The van der Waals surface area contributed by atoms with Crippen LogP contribution in [-0.4, -0.2) is 45.1 Å². The summed E-state index contributed by atoms with van der Waals surface area (Å²) in [4.78, 5) is 0.259. The van der Waals surface area contributed by atoms with E-state index in [9.17, 15) is 8.42 Å². The first-order chi connectivity index (χ1) is 9.98. The van der Waals surface area contributed by atoms with Crippen molar-refractivity contribution in [1.82, 2.24) is 4.31 Å². The highest BCUT2D eigenvalue weighted by Crippen LogP contribution is 2.28. The van der Waals surface area contributed by atoms with E-state index in [-0.39, 0.29) is 29.9 Å². The summed E-state index contributed by atoms with van der Waals surface area (Å²) < 4.78 is 32.8. The molecule has 0 amide bonds. The molecular formula is C14H22Cl2N2O3S. The zero-order chi connectivity index (χ0) is 15.5. The highest BCUT2D eigenvalue weighted by molar-refractivity contribution is 7.89. The summed E-state index contributed by atoms with van der Waals surface area (Å²) in [6.45, 7) is 3.47. The van der Waals surface area contributed by atoms with Gasteiger partial charge in [-0.15, -0.1) is 12.4 Å². The van der Waals surface area contributed by atoms with Crippen LogP contribution in [0, 0.1) is 6.92 Å². The molecule has 0 aromatic heterocycles. The van der Waals surface area contributed by atoms with Crippen LogP contribution >= 0.6 is 24.0 Å². The van der Waals surface area contributed by atoms with Crippen molar-refractivity contribution in [3.8, 4) is 0 Å². The number of benzene rings is 1. The molecule has 0 saturated carbocycles. The van der Waals surface area contributed by atoms with E-state index in [0.29, 0.717) is 43.2 Å². The molecule has 5 nitrogen and oxygen atoms in total. The minimum atomic E-state index is -3.60. The second kappa shape index (κ2) is 8.47. The Morgan fingerprint density at radius 3 is 2.59 bits per heavy atom. The Balaban J connectivity index is 0.00000242. The van der Waals surface area contributed by atoms with Crippen molar-refractivity contribution < 1.29 is 13.2 Å². The molecule has 22 heavy (non-hydrogen) atoms. The fourth-order valence-corrected chi connectivity index (χ4v) is 4.77. The molecule has 1 heterocycles. The maximum absolute atomic E-state index is 13.0. The first-order valence-corrected chi connectivity index (χ1v) is 8.85. The topological polar surface area (TPSA) is 72.6 Å². The monoisotopic (exact) mass is 368 g/mol. The number of rotatable bonds is 5. The molecule has 8 heteroatoms. The molecule has 0 unspecified atom stereocenters. The predicted octanol–water partition coefficient (Wildman–Crippen LogP) is 2.20. The normalized spacial score (nSPS) is 16.5. The Labute approximate surface area is 143 Å². The van der Waals surface area contributed by atoms with Crippen LogP contribution in [0.3, 0.4) is 0 Å². The van der Waals surface area contributed by atoms with Gasteiger partial charge in [0.2, 0.25) is 10.0 Å². The van der Waals surface area contributed by atoms with Gasteiger partial charge >= 0.3 is 0 Å². The van der Waals surface area contributed by atoms with Crippen molar-refractivity contribution in [3.05, 3.63) is 28.8 Å². The smallest absolute Gasteiger partial charge is 0.243 e. The van der Waals surface area contributed by atoms with E-state index in [1.54, 1.807) is 25.1 Å². The third-order valence-corrected chi connectivity index (χ3v) is 6.26. The van der Waals surface area contributed by atoms with Gasteiger partial charge < -0.3 is 10.5 Å². The number of nitrogens with two attached hydrogens (primary N) is 1. The van der Waals surface area contributed by atoms with Crippen LogP contribution in [0.1, 0.15) is 18.4 Å². The molecule has 0 bridgehead atoms. The van der Waals surface area contributed by atoms with Crippen molar-refractivity contribution >= 4 is 34.0 Å². The van der Waals surface area contributed by atoms with Crippen LogP contribution in [0.15, 0.2) is 23.1 Å². The van der Waals surface area contributed by atoms with Crippen molar-refractivity contribution in [2.75, 3.05) is 26.3 Å². The molecule has 2 rings (SSSR count). The molecule has 1 saturated heterocycles. The number of hydrogen-bond acceptors (Lipinski definition) is 4. The average Bonchev–Trinajstić information content (AvgIpc) is 2.48. The Kier molecular flexibility index (Phi) is 7.58. The lowest BCUT2D eigenvalue weighted by molar-refractivity contribution is 0.0590. The largest absolute Gasteiger partial charge is 0.381 e. The van der Waals surface area contributed by atoms with Crippen LogP contribution in [0.25, 0.3) is 0 Å². The molecule has 1 aromatic carbocycles. The first-order valence-electron chi connectivity index (χ1n) is 7.03. The number of nitrogens with zero attached hydrogens (tertiary/aromatic N) is 1. The van der Waals surface area contributed by atoms with Gasteiger partial charge in [-0.2, -0.15) is 4.31 Å². The molecule has 1 aliphatic rings. The van der Waals surface area contributed by atoms with E-state index in [2.05, 4.69) is 0 Å². The van der Waals surface area contributed by atoms with Crippen LogP contribution < -0.4 is 5.73 Å². The summed E-state index contributed by atoms with van der Waals surface area (Å²) in [7, 11) is -3.60. The van der Waals surface area contributed by atoms with E-state index in [4.69, 9.17) is 22.1 Å². The fourth-order valence-electron chi connectivity index (χ4n) is 2.59. The molecule has 0 atom stereocenters. The SMILES string of the molecule is Cc1c(Cl)cccc1S(=O)(=O)N(CCN)C1CCOCC1.Cl. The Morgan fingerprint density at radius 2 is 2.00 bits per heavy atom. The van der Waals surface area contributed by atoms with E-state index in [1.807, 2.05) is 0 Å². The molecule has 2 N–H and O–H groups in total. The lowest BCUT2D eigenvalue weighted by Gasteiger charge is -2.33. The van der Waals surface area contributed by atoms with E-state index in [0.717, 1.165) is 0 Å². The summed E-state index contributed by atoms with van der Waals surface area (Å²) in [5.41, 5.74) is 6.19. The average molecular weight is 369 g/mol. The van der Waals surface area contributed by atoms with Crippen molar-refractivity contribution in [2.45, 2.75) is 30.7 Å². The molecule has 0 radical (unpaired) electrons. The Bertz CT molecular complexity index is 590. The Morgan fingerprint density at radius 1 is 1.36 bits per heavy atom. The first kappa shape index (κ1) is 19.7. The molecule has 1 aliphatic heterocycles. The summed E-state index contributed by atoms with van der Waals surface area (Å²) in [5, 5.41) is 0.454. The molecular weight excluding hydrogens is 347 g/mol. The predicted molar refractivity (Wildman–Crippen MR) is 90.2 cm³/mol. The van der Waals surface area contributed by atoms with Gasteiger partial charge in [-0.25, -0.2) is 8.42 Å². The van der Waals surface area contributed by atoms with Gasteiger partial charge in [0, 0.05) is 37.4 Å². The second-order valence-corrected chi connectivity index (χ2v) is 7.38. The zero-order valence-corrected chi connectivity index (χ0v) is 14.9. The van der Waals surface area contributed by atoms with Gasteiger partial charge in [-0.3, -0.25) is 0 Å². The van der Waals surface area contributed by atoms with Crippen molar-refractivity contribution in [3.63, 3.8) is 0 Å². The van der Waals surface area contributed by atoms with Crippen LogP contribution in [-0.2, 0) is 14.8 Å². The van der Waals surface area contributed by atoms with Crippen LogP contribution in [0.5, 0.6) is 0 Å². The second-order valence-electron chi connectivity index (χ2n) is 5.11. The lowest BCUT2D eigenvalue weighted by atomic mass is 10.1. The van der Waals surface area contributed by atoms with Gasteiger partial charge in [-0.1, -0.05) is 17.7 Å². The van der Waals surface area contributed by atoms with Crippen LogP contribution in [0.4, 0.5) is 0 Å². The maximum atomic E-state index is 13.0. The highest BCUT2D eigenvalue weighted by atomic mass is 35.5. The molecule has 0 aliphatic carbocycles.